The number of nitrogens with one attached hydrogen (secondary N) is 11. The smallest absolute Gasteiger partial charge is 0.326 e. The number of carboxylic acid groups (broad SMARTS) is 5. The SMILES string of the molecule is CC[C@H](C)[C@H](NC(=O)[C@H](CCC(=O)O)NC(=O)[C@H](CC(=O)O)NC(=O)[C@H](Cc1ccc(O)cc1)NC(=O)[C@H](CC(=O)O)NC(=O)[C@H](Cc1ccc(O)cc1)NC(=O)[C@H](Cc1ccccc1)NC(=O)[C@@H](N)[C@@H](C)O)C(=O)N[C@@H](Cc1ccc(O)cc1)C(=O)N[C@@H](Cc1ccccc1)C(=O)N[C@@H](CC(=O)O)C(=O)N[C@@H](Cc1ccc(O)cc1)C(=O)O. The Bertz CT molecular complexity index is 4540. The number of aliphatic carboxylic acids is 5. The van der Waals surface area contributed by atoms with Crippen molar-refractivity contribution in [2.75, 3.05) is 0 Å². The van der Waals surface area contributed by atoms with Gasteiger partial charge in [0, 0.05) is 44.9 Å². The first-order valence-electron chi connectivity index (χ1n) is 37.4. The summed E-state index contributed by atoms with van der Waals surface area (Å²) in [6, 6.07) is 14.5. The summed E-state index contributed by atoms with van der Waals surface area (Å²) in [7, 11) is 0. The molecule has 6 aromatic rings. The molecule has 0 aromatic heterocycles. The van der Waals surface area contributed by atoms with Crippen molar-refractivity contribution in [2.24, 2.45) is 11.7 Å². The zero-order valence-corrected chi connectivity index (χ0v) is 64.7. The van der Waals surface area contributed by atoms with Crippen LogP contribution >= 0.6 is 0 Å². The quantitative estimate of drug-likeness (QED) is 0.0212. The number of phenolic OH excluding ortho intramolecular Hbond substituents is 4. The largest absolute Gasteiger partial charge is 0.508 e. The highest BCUT2D eigenvalue weighted by Gasteiger charge is 2.40. The van der Waals surface area contributed by atoms with Crippen LogP contribution in [0.5, 0.6) is 23.0 Å². The van der Waals surface area contributed by atoms with E-state index in [2.05, 4.69) is 58.5 Å². The molecule has 0 aliphatic carbocycles. The monoisotopic (exact) mass is 1650 g/mol. The first-order chi connectivity index (χ1) is 56.3. The van der Waals surface area contributed by atoms with Gasteiger partial charge in [-0.3, -0.25) is 71.9 Å². The van der Waals surface area contributed by atoms with Gasteiger partial charge in [-0.1, -0.05) is 129 Å². The fourth-order valence-corrected chi connectivity index (χ4v) is 12.0. The van der Waals surface area contributed by atoms with Crippen LogP contribution in [-0.2, 0) is 115 Å². The van der Waals surface area contributed by atoms with Gasteiger partial charge in [0.1, 0.15) is 95.5 Å². The van der Waals surface area contributed by atoms with E-state index in [0.29, 0.717) is 16.7 Å². The number of carbonyl (C=O) groups is 16. The number of amides is 11. The average molecular weight is 1650 g/mol. The molecule has 11 amide bonds. The third-order valence-corrected chi connectivity index (χ3v) is 18.8. The second-order valence-corrected chi connectivity index (χ2v) is 28.2. The molecule has 0 aliphatic rings. The van der Waals surface area contributed by atoms with Gasteiger partial charge in [-0.15, -0.1) is 0 Å². The van der Waals surface area contributed by atoms with E-state index in [1.54, 1.807) is 67.6 Å². The minimum Gasteiger partial charge on any atom is -0.508 e. The third kappa shape index (κ3) is 31.6. The van der Waals surface area contributed by atoms with Crippen LogP contribution in [0.25, 0.3) is 0 Å². The maximum atomic E-state index is 14.9. The first kappa shape index (κ1) is 93.8. The molecule has 119 heavy (non-hydrogen) atoms. The van der Waals surface area contributed by atoms with Gasteiger partial charge in [0.2, 0.25) is 65.0 Å². The molecule has 0 spiro atoms. The fraction of sp³-hybridized carbons (Fsp3) is 0.358. The number of hydrogen-bond acceptors (Lipinski definition) is 22. The van der Waals surface area contributed by atoms with Gasteiger partial charge in [-0.2, -0.15) is 0 Å². The van der Waals surface area contributed by atoms with Crippen LogP contribution in [0.2, 0.25) is 0 Å². The molecule has 14 atom stereocenters. The van der Waals surface area contributed by atoms with Crippen molar-refractivity contribution < 1.29 is 128 Å². The van der Waals surface area contributed by atoms with Crippen molar-refractivity contribution in [3.63, 3.8) is 0 Å². The van der Waals surface area contributed by atoms with Crippen molar-refractivity contribution in [1.82, 2.24) is 58.5 Å². The number of hydrogen-bond donors (Lipinski definition) is 22. The number of rotatable bonds is 47. The number of benzene rings is 6. The Kier molecular flexibility index (Phi) is 36.2. The van der Waals surface area contributed by atoms with Crippen LogP contribution < -0.4 is 64.2 Å². The Morgan fingerprint density at radius 1 is 0.294 bits per heavy atom. The van der Waals surface area contributed by atoms with Gasteiger partial charge in [0.25, 0.3) is 0 Å². The van der Waals surface area contributed by atoms with Crippen molar-refractivity contribution in [3.8, 4) is 23.0 Å². The number of carboxylic acids is 5. The summed E-state index contributed by atoms with van der Waals surface area (Å²) in [5.41, 5.74) is 7.80. The summed E-state index contributed by atoms with van der Waals surface area (Å²) in [6.45, 7) is 4.27. The molecular weight excluding hydrogens is 1560 g/mol. The maximum absolute atomic E-state index is 14.9. The molecule has 38 heteroatoms. The molecule has 0 aliphatic heterocycles. The van der Waals surface area contributed by atoms with E-state index in [-0.39, 0.29) is 65.4 Å². The second kappa shape index (κ2) is 45.9. The van der Waals surface area contributed by atoms with E-state index in [1.807, 2.05) is 0 Å². The molecule has 38 nitrogen and oxygen atoms in total. The van der Waals surface area contributed by atoms with E-state index < -0.39 is 231 Å². The van der Waals surface area contributed by atoms with Gasteiger partial charge in [0.15, 0.2) is 0 Å². The van der Waals surface area contributed by atoms with E-state index in [1.165, 1.54) is 111 Å². The molecule has 6 rings (SSSR count). The minimum absolute atomic E-state index is 0.0620. The van der Waals surface area contributed by atoms with Crippen molar-refractivity contribution in [2.45, 2.75) is 176 Å². The van der Waals surface area contributed by atoms with E-state index in [4.69, 9.17) is 5.73 Å². The summed E-state index contributed by atoms with van der Waals surface area (Å²) >= 11 is 0. The lowest BCUT2D eigenvalue weighted by Gasteiger charge is -2.30. The van der Waals surface area contributed by atoms with Crippen LogP contribution in [0.4, 0.5) is 0 Å². The van der Waals surface area contributed by atoms with Crippen LogP contribution in [0.1, 0.15) is 92.7 Å². The molecule has 23 N–H and O–H groups in total. The fourth-order valence-electron chi connectivity index (χ4n) is 12.0. The Morgan fingerprint density at radius 2 is 0.529 bits per heavy atom. The molecule has 0 unspecified atom stereocenters. The highest BCUT2D eigenvalue weighted by molar-refractivity contribution is 6.01. The number of aliphatic hydroxyl groups excluding tert-OH is 1. The zero-order valence-electron chi connectivity index (χ0n) is 64.7. The normalized spacial score (nSPS) is 14.5. The summed E-state index contributed by atoms with van der Waals surface area (Å²) in [6.07, 6.45) is -9.13. The predicted octanol–water partition coefficient (Wildman–Crippen LogP) is -1.27. The highest BCUT2D eigenvalue weighted by atomic mass is 16.4. The van der Waals surface area contributed by atoms with Crippen LogP contribution in [0, 0.1) is 5.92 Å². The Hall–Kier alpha value is -14.0. The van der Waals surface area contributed by atoms with Crippen molar-refractivity contribution in [1.29, 1.82) is 0 Å². The number of aliphatic hydroxyl groups is 1. The Labute approximate surface area is 680 Å². The average Bonchev–Trinajstić information content (AvgIpc) is 0.841. The van der Waals surface area contributed by atoms with Gasteiger partial charge >= 0.3 is 29.8 Å². The number of aromatic hydroxyl groups is 4. The van der Waals surface area contributed by atoms with E-state index >= 15 is 0 Å². The molecule has 0 radical (unpaired) electrons. The summed E-state index contributed by atoms with van der Waals surface area (Å²) in [4.78, 5) is 221. The highest BCUT2D eigenvalue weighted by Crippen LogP contribution is 2.20. The Morgan fingerprint density at radius 3 is 0.798 bits per heavy atom. The van der Waals surface area contributed by atoms with Gasteiger partial charge < -0.3 is 115 Å². The first-order valence-corrected chi connectivity index (χ1v) is 37.4. The molecule has 0 bridgehead atoms. The molecule has 6 aromatic carbocycles. The van der Waals surface area contributed by atoms with Crippen LogP contribution in [-0.4, -0.2) is 224 Å². The number of carbonyl (C=O) groups excluding carboxylic acids is 11. The molecular formula is C81H96N12O26. The lowest BCUT2D eigenvalue weighted by Crippen LogP contribution is -2.62. The lowest BCUT2D eigenvalue weighted by molar-refractivity contribution is -0.144. The minimum atomic E-state index is -2.26. The summed E-state index contributed by atoms with van der Waals surface area (Å²) in [5, 5.41) is 127. The van der Waals surface area contributed by atoms with Crippen molar-refractivity contribution >= 4 is 94.8 Å². The van der Waals surface area contributed by atoms with Crippen LogP contribution in [0.3, 0.4) is 0 Å². The topological polar surface area (TPSA) is 634 Å². The molecule has 0 saturated carbocycles. The second-order valence-electron chi connectivity index (χ2n) is 28.2. The molecule has 636 valence electrons. The molecule has 0 heterocycles. The number of nitrogens with two attached hydrogens (primary N) is 1. The lowest BCUT2D eigenvalue weighted by atomic mass is 9.96. The predicted molar refractivity (Wildman–Crippen MR) is 419 cm³/mol. The summed E-state index contributed by atoms with van der Waals surface area (Å²) < 4.78 is 0. The van der Waals surface area contributed by atoms with E-state index in [0.717, 1.165) is 0 Å². The number of phenols is 4. The molecule has 0 saturated heterocycles. The van der Waals surface area contributed by atoms with Gasteiger partial charge in [-0.05, 0) is 101 Å². The third-order valence-electron chi connectivity index (χ3n) is 18.8. The zero-order chi connectivity index (χ0) is 87.7. The van der Waals surface area contributed by atoms with Gasteiger partial charge in [0.05, 0.1) is 25.4 Å². The van der Waals surface area contributed by atoms with E-state index in [9.17, 15) is 128 Å². The summed E-state index contributed by atoms with van der Waals surface area (Å²) in [5.74, 6) is -23.6. The maximum Gasteiger partial charge on any atom is 0.326 e. The van der Waals surface area contributed by atoms with Crippen LogP contribution in [0.15, 0.2) is 158 Å². The molecule has 0 fully saturated rings. The Balaban J connectivity index is 1.27. The standard InChI is InChI=1S/C81H96N12O26/c1-4-42(2)69(80(117)91-59(37-48-19-27-52(97)28-20-48)75(112)84-55(33-44-11-7-5-8-12-44)71(108)89-62(41-67(105)106)78(115)92-63(81(118)119)38-49-21-29-53(98)30-22-49)93-70(107)54(31-32-64(99)100)83-76(113)60(39-65(101)102)87-73(110)57(36-47-17-25-51(96)26-18-47)86-77(114)61(40-66(103)104)88-72(109)56(35-46-15-23-50(95)24-16-46)85-74(111)58(34-45-13-9-6-10-14-45)90-79(116)68(82)43(3)94/h5-30,42-43,54-63,68-69,94-98H,4,31-41,82H2,1-3H3,(H,83,113)(H,84,112)(H,85,111)(H,86,114)(H,87,110)(H,88,109)(H,89,108)(H,90,116)(H,91,117)(H,92,115)(H,93,107)(H,99,100)(H,101,102)(H,103,104)(H,105,106)(H,118,119)/t42-,43+,54-,55-,56-,57-,58-,59-,60-,61-,62-,63-,68-,69-/m0/s1. The van der Waals surface area contributed by atoms with Crippen molar-refractivity contribution in [3.05, 3.63) is 191 Å². The van der Waals surface area contributed by atoms with Gasteiger partial charge in [-0.25, -0.2) is 4.79 Å².